The highest BCUT2D eigenvalue weighted by atomic mass is 32.1. The van der Waals surface area contributed by atoms with E-state index in [1.165, 1.54) is 11.3 Å². The molecule has 1 aromatic carbocycles. The van der Waals surface area contributed by atoms with E-state index in [0.29, 0.717) is 36.6 Å². The fourth-order valence-corrected chi connectivity index (χ4v) is 4.08. The number of piperazine rings is 1. The summed E-state index contributed by atoms with van der Waals surface area (Å²) in [5.41, 5.74) is 1.57. The highest BCUT2D eigenvalue weighted by molar-refractivity contribution is 7.17. The standard InChI is InChI=1S/C21H19N3O2S/c25-20(16-6-2-1-3-7-16)23-12-14-24(15-13-23)21(26)19-10-9-18(27-19)17-8-4-5-11-22-17/h1-11H,12-15H2. The van der Waals surface area contributed by atoms with Gasteiger partial charge in [-0.15, -0.1) is 11.3 Å². The molecule has 136 valence electrons. The Hall–Kier alpha value is -2.99. The average molecular weight is 377 g/mol. The summed E-state index contributed by atoms with van der Waals surface area (Å²) in [6.45, 7) is 2.21. The number of carbonyl (C=O) groups is 2. The molecule has 0 atom stereocenters. The second-order valence-corrected chi connectivity index (χ2v) is 7.41. The van der Waals surface area contributed by atoms with E-state index in [1.807, 2.05) is 70.5 Å². The molecule has 27 heavy (non-hydrogen) atoms. The maximum absolute atomic E-state index is 12.8. The quantitative estimate of drug-likeness (QED) is 0.703. The third-order valence-electron chi connectivity index (χ3n) is 4.61. The summed E-state index contributed by atoms with van der Waals surface area (Å²) in [7, 11) is 0. The first-order valence-corrected chi connectivity index (χ1v) is 9.69. The van der Waals surface area contributed by atoms with E-state index in [-0.39, 0.29) is 11.8 Å². The van der Waals surface area contributed by atoms with Crippen LogP contribution < -0.4 is 0 Å². The van der Waals surface area contributed by atoms with Crippen molar-refractivity contribution in [2.45, 2.75) is 0 Å². The van der Waals surface area contributed by atoms with Crippen molar-refractivity contribution in [1.82, 2.24) is 14.8 Å². The molecule has 4 rings (SSSR count). The lowest BCUT2D eigenvalue weighted by Gasteiger charge is -2.34. The summed E-state index contributed by atoms with van der Waals surface area (Å²) >= 11 is 1.46. The molecule has 0 unspecified atom stereocenters. The highest BCUT2D eigenvalue weighted by Gasteiger charge is 2.26. The molecule has 5 nitrogen and oxygen atoms in total. The van der Waals surface area contributed by atoms with Gasteiger partial charge < -0.3 is 9.80 Å². The number of hydrogen-bond acceptors (Lipinski definition) is 4. The third kappa shape index (κ3) is 3.75. The van der Waals surface area contributed by atoms with E-state index in [0.717, 1.165) is 10.6 Å². The largest absolute Gasteiger partial charge is 0.335 e. The number of pyridine rings is 1. The van der Waals surface area contributed by atoms with E-state index < -0.39 is 0 Å². The number of benzene rings is 1. The van der Waals surface area contributed by atoms with Crippen LogP contribution in [0.5, 0.6) is 0 Å². The van der Waals surface area contributed by atoms with Gasteiger partial charge in [-0.3, -0.25) is 14.6 Å². The molecule has 2 aromatic heterocycles. The minimum absolute atomic E-state index is 0.0222. The normalized spacial score (nSPS) is 14.2. The molecule has 1 aliphatic rings. The Kier molecular flexibility index (Phi) is 4.98. The molecule has 3 heterocycles. The van der Waals surface area contributed by atoms with Crippen molar-refractivity contribution in [1.29, 1.82) is 0 Å². The topological polar surface area (TPSA) is 53.5 Å². The van der Waals surface area contributed by atoms with Crippen molar-refractivity contribution in [3.05, 3.63) is 77.3 Å². The second-order valence-electron chi connectivity index (χ2n) is 6.33. The maximum atomic E-state index is 12.8. The molecule has 3 aromatic rings. The van der Waals surface area contributed by atoms with Gasteiger partial charge >= 0.3 is 0 Å². The van der Waals surface area contributed by atoms with Gasteiger partial charge in [0.15, 0.2) is 0 Å². The number of carbonyl (C=O) groups excluding carboxylic acids is 2. The van der Waals surface area contributed by atoms with Gasteiger partial charge in [0.25, 0.3) is 11.8 Å². The van der Waals surface area contributed by atoms with Crippen molar-refractivity contribution in [2.24, 2.45) is 0 Å². The zero-order valence-electron chi connectivity index (χ0n) is 14.7. The van der Waals surface area contributed by atoms with Crippen molar-refractivity contribution < 1.29 is 9.59 Å². The molecular formula is C21H19N3O2S. The predicted molar refractivity (Wildman–Crippen MR) is 106 cm³/mol. The summed E-state index contributed by atoms with van der Waals surface area (Å²) < 4.78 is 0. The van der Waals surface area contributed by atoms with Crippen LogP contribution in [0.2, 0.25) is 0 Å². The lowest BCUT2D eigenvalue weighted by molar-refractivity contribution is 0.0538. The molecule has 1 aliphatic heterocycles. The molecule has 0 radical (unpaired) electrons. The van der Waals surface area contributed by atoms with Crippen LogP contribution in [0, 0.1) is 0 Å². The molecule has 1 saturated heterocycles. The number of thiophene rings is 1. The number of aromatic nitrogens is 1. The summed E-state index contributed by atoms with van der Waals surface area (Å²) in [6.07, 6.45) is 1.75. The minimum Gasteiger partial charge on any atom is -0.335 e. The smallest absolute Gasteiger partial charge is 0.264 e. The van der Waals surface area contributed by atoms with Crippen LogP contribution in [0.4, 0.5) is 0 Å². The fourth-order valence-electron chi connectivity index (χ4n) is 3.13. The molecule has 1 fully saturated rings. The summed E-state index contributed by atoms with van der Waals surface area (Å²) in [5.74, 6) is 0.0465. The molecule has 0 saturated carbocycles. The van der Waals surface area contributed by atoms with Crippen molar-refractivity contribution in [3.63, 3.8) is 0 Å². The number of rotatable bonds is 3. The summed E-state index contributed by atoms with van der Waals surface area (Å²) in [6, 6.07) is 18.8. The maximum Gasteiger partial charge on any atom is 0.264 e. The molecule has 6 heteroatoms. The Morgan fingerprint density at radius 1 is 0.778 bits per heavy atom. The number of amides is 2. The van der Waals surface area contributed by atoms with E-state index in [2.05, 4.69) is 4.98 Å². The SMILES string of the molecule is O=C(c1ccccc1)N1CCN(C(=O)c2ccc(-c3ccccn3)s2)CC1. The van der Waals surface area contributed by atoms with Crippen LogP contribution in [0.3, 0.4) is 0 Å². The summed E-state index contributed by atoms with van der Waals surface area (Å²) in [5, 5.41) is 0. The van der Waals surface area contributed by atoms with Crippen LogP contribution in [0.25, 0.3) is 10.6 Å². The lowest BCUT2D eigenvalue weighted by Crippen LogP contribution is -2.50. The van der Waals surface area contributed by atoms with Crippen LogP contribution in [0.15, 0.2) is 66.9 Å². The Balaban J connectivity index is 1.39. The van der Waals surface area contributed by atoms with Gasteiger partial charge in [-0.1, -0.05) is 24.3 Å². The number of hydrogen-bond donors (Lipinski definition) is 0. The van der Waals surface area contributed by atoms with Crippen LogP contribution >= 0.6 is 11.3 Å². The van der Waals surface area contributed by atoms with E-state index >= 15 is 0 Å². The van der Waals surface area contributed by atoms with Crippen molar-refractivity contribution >= 4 is 23.2 Å². The van der Waals surface area contributed by atoms with Crippen LogP contribution in [-0.4, -0.2) is 52.8 Å². The van der Waals surface area contributed by atoms with Gasteiger partial charge in [0, 0.05) is 37.9 Å². The monoisotopic (exact) mass is 377 g/mol. The van der Waals surface area contributed by atoms with Gasteiger partial charge in [-0.05, 0) is 36.4 Å². The van der Waals surface area contributed by atoms with E-state index in [9.17, 15) is 9.59 Å². The molecule has 0 aliphatic carbocycles. The van der Waals surface area contributed by atoms with Crippen molar-refractivity contribution in [2.75, 3.05) is 26.2 Å². The zero-order valence-corrected chi connectivity index (χ0v) is 15.6. The molecule has 0 spiro atoms. The fraction of sp³-hybridized carbons (Fsp3) is 0.190. The molecule has 2 amide bonds. The lowest BCUT2D eigenvalue weighted by atomic mass is 10.2. The van der Waals surface area contributed by atoms with E-state index in [1.54, 1.807) is 6.20 Å². The van der Waals surface area contributed by atoms with Gasteiger partial charge in [-0.2, -0.15) is 0 Å². The minimum atomic E-state index is 0.0222. The first-order chi connectivity index (χ1) is 13.2. The second kappa shape index (κ2) is 7.72. The van der Waals surface area contributed by atoms with Gasteiger partial charge in [0.2, 0.25) is 0 Å². The van der Waals surface area contributed by atoms with Gasteiger partial charge in [0.05, 0.1) is 15.4 Å². The van der Waals surface area contributed by atoms with Crippen molar-refractivity contribution in [3.8, 4) is 10.6 Å². The Labute approximate surface area is 161 Å². The Bertz CT molecular complexity index is 932. The summed E-state index contributed by atoms with van der Waals surface area (Å²) in [4.78, 5) is 35.0. The van der Waals surface area contributed by atoms with E-state index in [4.69, 9.17) is 0 Å². The van der Waals surface area contributed by atoms with Crippen LogP contribution in [0.1, 0.15) is 20.0 Å². The molecule has 0 N–H and O–H groups in total. The first-order valence-electron chi connectivity index (χ1n) is 8.87. The Morgan fingerprint density at radius 2 is 1.44 bits per heavy atom. The van der Waals surface area contributed by atoms with Crippen LogP contribution in [-0.2, 0) is 0 Å². The number of nitrogens with zero attached hydrogens (tertiary/aromatic N) is 3. The van der Waals surface area contributed by atoms with Gasteiger partial charge in [0.1, 0.15) is 0 Å². The zero-order chi connectivity index (χ0) is 18.6. The molecular weight excluding hydrogens is 358 g/mol. The Morgan fingerprint density at radius 3 is 2.11 bits per heavy atom. The highest BCUT2D eigenvalue weighted by Crippen LogP contribution is 2.27. The molecule has 0 bridgehead atoms. The predicted octanol–water partition coefficient (Wildman–Crippen LogP) is 3.41. The van der Waals surface area contributed by atoms with Gasteiger partial charge in [-0.25, -0.2) is 0 Å². The first kappa shape index (κ1) is 17.4. The third-order valence-corrected chi connectivity index (χ3v) is 5.70. The average Bonchev–Trinajstić information content (AvgIpc) is 3.24.